The summed E-state index contributed by atoms with van der Waals surface area (Å²) in [4.78, 5) is 35.3. The number of likely N-dealkylation sites (tertiary alicyclic amines) is 1. The van der Waals surface area contributed by atoms with Crippen LogP contribution in [0.1, 0.15) is 19.3 Å². The van der Waals surface area contributed by atoms with Gasteiger partial charge in [0.2, 0.25) is 0 Å². The van der Waals surface area contributed by atoms with Gasteiger partial charge in [0.15, 0.2) is 0 Å². The molecule has 0 aromatic rings. The first-order valence-electron chi connectivity index (χ1n) is 6.45. The molecule has 0 radical (unpaired) electrons. The van der Waals surface area contributed by atoms with Gasteiger partial charge in [0.05, 0.1) is 5.92 Å². The van der Waals surface area contributed by atoms with Crippen molar-refractivity contribution < 1.29 is 24.6 Å². The zero-order valence-electron chi connectivity index (χ0n) is 11.4. The van der Waals surface area contributed by atoms with Gasteiger partial charge in [-0.1, -0.05) is 0 Å². The zero-order valence-corrected chi connectivity index (χ0v) is 12.2. The fourth-order valence-corrected chi connectivity index (χ4v) is 2.53. The molecular weight excluding hydrogens is 284 g/mol. The molecular formula is C12H20N2O5S. The van der Waals surface area contributed by atoms with Gasteiger partial charge in [-0.25, -0.2) is 9.59 Å². The van der Waals surface area contributed by atoms with Gasteiger partial charge in [-0.15, -0.1) is 0 Å². The molecule has 1 aliphatic rings. The topological polar surface area (TPSA) is 107 Å². The molecule has 1 aliphatic heterocycles. The van der Waals surface area contributed by atoms with Crippen molar-refractivity contribution in [2.45, 2.75) is 25.3 Å². The second-order valence-corrected chi connectivity index (χ2v) is 5.71. The van der Waals surface area contributed by atoms with Crippen molar-refractivity contribution in [1.82, 2.24) is 10.2 Å². The molecule has 1 unspecified atom stereocenters. The van der Waals surface area contributed by atoms with Gasteiger partial charge >= 0.3 is 18.0 Å². The Bertz CT molecular complexity index is 369. The van der Waals surface area contributed by atoms with Gasteiger partial charge < -0.3 is 20.4 Å². The summed E-state index contributed by atoms with van der Waals surface area (Å²) in [6, 6.07) is -1.32. The summed E-state index contributed by atoms with van der Waals surface area (Å²) >= 11 is 1.52. The van der Waals surface area contributed by atoms with Crippen LogP contribution in [0.3, 0.4) is 0 Å². The lowest BCUT2D eigenvalue weighted by Crippen LogP contribution is -2.50. The number of thioether (sulfide) groups is 1. The highest BCUT2D eigenvalue weighted by atomic mass is 32.2. The maximum absolute atomic E-state index is 11.9. The van der Waals surface area contributed by atoms with Crippen molar-refractivity contribution >= 4 is 29.7 Å². The summed E-state index contributed by atoms with van der Waals surface area (Å²) in [5.74, 6) is -1.65. The van der Waals surface area contributed by atoms with E-state index < -0.39 is 29.9 Å². The third kappa shape index (κ3) is 4.92. The Hall–Kier alpha value is -1.44. The lowest BCUT2D eigenvalue weighted by atomic mass is 9.97. The Morgan fingerprint density at radius 1 is 1.30 bits per heavy atom. The lowest BCUT2D eigenvalue weighted by molar-refractivity contribution is -0.143. The molecule has 3 N–H and O–H groups in total. The first-order valence-corrected chi connectivity index (χ1v) is 7.85. The van der Waals surface area contributed by atoms with Crippen LogP contribution in [0, 0.1) is 5.92 Å². The summed E-state index contributed by atoms with van der Waals surface area (Å²) in [5.41, 5.74) is 0. The van der Waals surface area contributed by atoms with Gasteiger partial charge in [-0.3, -0.25) is 4.79 Å². The molecule has 0 bridgehead atoms. The number of hydrogen-bond donors (Lipinski definition) is 3. The molecule has 0 aliphatic carbocycles. The number of carbonyl (C=O) groups is 3. The molecule has 1 fully saturated rings. The van der Waals surface area contributed by atoms with Crippen LogP contribution >= 0.6 is 11.8 Å². The predicted octanol–water partition coefficient (Wildman–Crippen LogP) is 0.699. The van der Waals surface area contributed by atoms with E-state index in [0.29, 0.717) is 38.1 Å². The second-order valence-electron chi connectivity index (χ2n) is 4.72. The van der Waals surface area contributed by atoms with Crippen LogP contribution in [-0.4, -0.2) is 64.2 Å². The van der Waals surface area contributed by atoms with E-state index in [-0.39, 0.29) is 0 Å². The quantitative estimate of drug-likeness (QED) is 0.667. The van der Waals surface area contributed by atoms with E-state index in [1.54, 1.807) is 0 Å². The number of carboxylic acid groups (broad SMARTS) is 2. The van der Waals surface area contributed by atoms with Crippen molar-refractivity contribution in [3.05, 3.63) is 0 Å². The first kappa shape index (κ1) is 16.6. The Labute approximate surface area is 121 Å². The van der Waals surface area contributed by atoms with E-state index in [9.17, 15) is 14.4 Å². The van der Waals surface area contributed by atoms with E-state index in [2.05, 4.69) is 5.32 Å². The normalized spacial score (nSPS) is 17.6. The third-order valence-electron chi connectivity index (χ3n) is 3.34. The number of aliphatic carboxylic acids is 2. The van der Waals surface area contributed by atoms with Crippen LogP contribution in [0.5, 0.6) is 0 Å². The monoisotopic (exact) mass is 304 g/mol. The third-order valence-corrected chi connectivity index (χ3v) is 3.98. The SMILES string of the molecule is CSCCC(NC(=O)N1CCC(C(=O)O)CC1)C(=O)O. The van der Waals surface area contributed by atoms with E-state index in [1.165, 1.54) is 16.7 Å². The van der Waals surface area contributed by atoms with Gasteiger partial charge in [-0.2, -0.15) is 11.8 Å². The van der Waals surface area contributed by atoms with E-state index >= 15 is 0 Å². The van der Waals surface area contributed by atoms with Crippen LogP contribution in [-0.2, 0) is 9.59 Å². The summed E-state index contributed by atoms with van der Waals surface area (Å²) in [6.45, 7) is 0.690. The maximum Gasteiger partial charge on any atom is 0.326 e. The number of piperidine rings is 1. The fraction of sp³-hybridized carbons (Fsp3) is 0.750. The molecule has 0 spiro atoms. The van der Waals surface area contributed by atoms with Crippen LogP contribution in [0.4, 0.5) is 4.79 Å². The highest BCUT2D eigenvalue weighted by Crippen LogP contribution is 2.17. The molecule has 2 amide bonds. The molecule has 1 saturated heterocycles. The van der Waals surface area contributed by atoms with Gasteiger partial charge in [0, 0.05) is 13.1 Å². The van der Waals surface area contributed by atoms with Crippen molar-refractivity contribution in [1.29, 1.82) is 0 Å². The number of urea groups is 1. The minimum atomic E-state index is -1.05. The van der Waals surface area contributed by atoms with Crippen molar-refractivity contribution in [3.8, 4) is 0 Å². The molecule has 7 nitrogen and oxygen atoms in total. The van der Waals surface area contributed by atoms with E-state index in [1.807, 2.05) is 6.26 Å². The molecule has 0 aromatic heterocycles. The van der Waals surface area contributed by atoms with Crippen molar-refractivity contribution in [2.75, 3.05) is 25.1 Å². The first-order chi connectivity index (χ1) is 9.45. The number of nitrogens with one attached hydrogen (secondary N) is 1. The minimum Gasteiger partial charge on any atom is -0.481 e. The largest absolute Gasteiger partial charge is 0.481 e. The van der Waals surface area contributed by atoms with Gasteiger partial charge in [-0.05, 0) is 31.3 Å². The number of rotatable bonds is 6. The molecule has 114 valence electrons. The summed E-state index contributed by atoms with van der Waals surface area (Å²) in [7, 11) is 0. The molecule has 1 heterocycles. The Balaban J connectivity index is 2.45. The minimum absolute atomic E-state index is 0.345. The summed E-state index contributed by atoms with van der Waals surface area (Å²) < 4.78 is 0. The molecule has 20 heavy (non-hydrogen) atoms. The molecule has 0 aromatic carbocycles. The van der Waals surface area contributed by atoms with Crippen molar-refractivity contribution in [2.24, 2.45) is 5.92 Å². The molecule has 8 heteroatoms. The van der Waals surface area contributed by atoms with Crippen molar-refractivity contribution in [3.63, 3.8) is 0 Å². The number of nitrogens with zero attached hydrogens (tertiary/aromatic N) is 1. The Kier molecular flexibility index (Phi) is 6.63. The number of amides is 2. The Morgan fingerprint density at radius 3 is 2.35 bits per heavy atom. The predicted molar refractivity (Wildman–Crippen MR) is 74.9 cm³/mol. The fourth-order valence-electron chi connectivity index (χ4n) is 2.06. The number of carboxylic acids is 2. The van der Waals surface area contributed by atoms with Crippen LogP contribution in [0.15, 0.2) is 0 Å². The van der Waals surface area contributed by atoms with E-state index in [0.717, 1.165) is 0 Å². The number of carbonyl (C=O) groups excluding carboxylic acids is 1. The number of hydrogen-bond acceptors (Lipinski definition) is 4. The van der Waals surface area contributed by atoms with Gasteiger partial charge in [0.25, 0.3) is 0 Å². The molecule has 1 atom stereocenters. The van der Waals surface area contributed by atoms with Crippen LogP contribution in [0.25, 0.3) is 0 Å². The highest BCUT2D eigenvalue weighted by molar-refractivity contribution is 7.98. The zero-order chi connectivity index (χ0) is 15.1. The van der Waals surface area contributed by atoms with Gasteiger partial charge in [0.1, 0.15) is 6.04 Å². The maximum atomic E-state index is 11.9. The summed E-state index contributed by atoms with van der Waals surface area (Å²) in [6.07, 6.45) is 3.06. The average Bonchev–Trinajstić information content (AvgIpc) is 2.42. The summed E-state index contributed by atoms with van der Waals surface area (Å²) in [5, 5.41) is 20.4. The lowest BCUT2D eigenvalue weighted by Gasteiger charge is -2.31. The van der Waals surface area contributed by atoms with Crippen LogP contribution < -0.4 is 5.32 Å². The second kappa shape index (κ2) is 7.98. The average molecular weight is 304 g/mol. The molecule has 1 rings (SSSR count). The van der Waals surface area contributed by atoms with E-state index in [4.69, 9.17) is 10.2 Å². The highest BCUT2D eigenvalue weighted by Gasteiger charge is 2.29. The standard InChI is InChI=1S/C12H20N2O5S/c1-20-7-4-9(11(17)18)13-12(19)14-5-2-8(3-6-14)10(15)16/h8-9H,2-7H2,1H3,(H,13,19)(H,15,16)(H,17,18). The molecule has 0 saturated carbocycles. The smallest absolute Gasteiger partial charge is 0.326 e. The van der Waals surface area contributed by atoms with Crippen LogP contribution in [0.2, 0.25) is 0 Å². The Morgan fingerprint density at radius 2 is 1.90 bits per heavy atom.